The second-order valence-electron chi connectivity index (χ2n) is 2.04. The van der Waals surface area contributed by atoms with E-state index in [0.29, 0.717) is 4.60 Å². The number of carbonyl (C=O) groups excluding carboxylic acids is 1. The van der Waals surface area contributed by atoms with Crippen molar-refractivity contribution in [2.24, 2.45) is 12.8 Å². The summed E-state index contributed by atoms with van der Waals surface area (Å²) in [6, 6.07) is 0. The molecule has 0 aliphatic rings. The fraction of sp³-hybridized carbons (Fsp3) is 0.200. The van der Waals surface area contributed by atoms with Gasteiger partial charge in [0.1, 0.15) is 16.0 Å². The van der Waals surface area contributed by atoms with Crippen LogP contribution in [-0.2, 0) is 7.05 Å². The summed E-state index contributed by atoms with van der Waals surface area (Å²) in [5.74, 6) is -0.313. The summed E-state index contributed by atoms with van der Waals surface area (Å²) in [6.07, 6.45) is 0. The van der Waals surface area contributed by atoms with Gasteiger partial charge in [0.15, 0.2) is 0 Å². The van der Waals surface area contributed by atoms with Crippen molar-refractivity contribution in [2.45, 2.75) is 0 Å². The van der Waals surface area contributed by atoms with E-state index in [9.17, 15) is 4.79 Å². The zero-order valence-corrected chi connectivity index (χ0v) is 7.42. The maximum Gasteiger partial charge on any atom is 0.255 e. The normalized spacial score (nSPS) is 10.0. The van der Waals surface area contributed by atoms with Crippen LogP contribution in [0, 0.1) is 0 Å². The highest BCUT2D eigenvalue weighted by Gasteiger charge is 2.15. The third-order valence-corrected chi connectivity index (χ3v) is 1.85. The van der Waals surface area contributed by atoms with E-state index in [1.54, 1.807) is 7.05 Å². The Balaban J connectivity index is 3.34. The first-order valence-corrected chi connectivity index (χ1v) is 3.61. The van der Waals surface area contributed by atoms with Crippen LogP contribution in [0.5, 0.6) is 0 Å². The van der Waals surface area contributed by atoms with Gasteiger partial charge in [-0.25, -0.2) is 0 Å². The zero-order chi connectivity index (χ0) is 8.59. The van der Waals surface area contributed by atoms with Crippen LogP contribution in [0.2, 0.25) is 0 Å². The van der Waals surface area contributed by atoms with Gasteiger partial charge in [0.2, 0.25) is 0 Å². The first-order valence-electron chi connectivity index (χ1n) is 2.81. The van der Waals surface area contributed by atoms with Crippen LogP contribution in [0.15, 0.2) is 4.60 Å². The monoisotopic (exact) mass is 218 g/mol. The van der Waals surface area contributed by atoms with Crippen molar-refractivity contribution in [1.29, 1.82) is 0 Å². The van der Waals surface area contributed by atoms with Gasteiger partial charge in [-0.15, -0.1) is 0 Å². The molecular weight excluding hydrogens is 212 g/mol. The number of aryl methyl sites for hydroxylation is 1. The topological polar surface area (TPSA) is 86.9 Å². The standard InChI is InChI=1S/C5H7BrN4O/c1-10-4(7)2(5(8)11)3(6)9-10/h7H2,1H3,(H2,8,11). The molecule has 11 heavy (non-hydrogen) atoms. The highest BCUT2D eigenvalue weighted by atomic mass is 79.9. The van der Waals surface area contributed by atoms with Gasteiger partial charge in [-0.1, -0.05) is 0 Å². The second-order valence-corrected chi connectivity index (χ2v) is 2.79. The number of nitrogen functional groups attached to an aromatic ring is 1. The number of aromatic nitrogens is 2. The van der Waals surface area contributed by atoms with E-state index in [1.165, 1.54) is 4.68 Å². The number of nitrogens with zero attached hydrogens (tertiary/aromatic N) is 2. The fourth-order valence-corrected chi connectivity index (χ4v) is 1.37. The van der Waals surface area contributed by atoms with E-state index >= 15 is 0 Å². The summed E-state index contributed by atoms with van der Waals surface area (Å²) in [4.78, 5) is 10.7. The molecule has 5 nitrogen and oxygen atoms in total. The second kappa shape index (κ2) is 2.54. The van der Waals surface area contributed by atoms with Gasteiger partial charge >= 0.3 is 0 Å². The number of carbonyl (C=O) groups is 1. The quantitative estimate of drug-likeness (QED) is 0.689. The SMILES string of the molecule is Cn1nc(Br)c(C(N)=O)c1N. The average Bonchev–Trinajstić information content (AvgIpc) is 2.07. The van der Waals surface area contributed by atoms with Crippen molar-refractivity contribution in [1.82, 2.24) is 9.78 Å². The Morgan fingerprint density at radius 2 is 2.27 bits per heavy atom. The fourth-order valence-electron chi connectivity index (χ4n) is 0.731. The molecule has 0 aromatic carbocycles. The van der Waals surface area contributed by atoms with Gasteiger partial charge in [-0.3, -0.25) is 9.48 Å². The van der Waals surface area contributed by atoms with E-state index < -0.39 is 5.91 Å². The molecule has 1 heterocycles. The number of rotatable bonds is 1. The van der Waals surface area contributed by atoms with Gasteiger partial charge in [0, 0.05) is 7.05 Å². The molecule has 0 saturated carbocycles. The molecule has 1 rings (SSSR count). The number of primary amides is 1. The molecule has 6 heteroatoms. The summed E-state index contributed by atoms with van der Waals surface area (Å²) in [7, 11) is 1.63. The number of amides is 1. The summed E-state index contributed by atoms with van der Waals surface area (Å²) in [5, 5.41) is 3.84. The minimum atomic E-state index is -0.581. The molecule has 0 fully saturated rings. The van der Waals surface area contributed by atoms with Crippen LogP contribution >= 0.6 is 15.9 Å². The van der Waals surface area contributed by atoms with Crippen LogP contribution in [0.3, 0.4) is 0 Å². The van der Waals surface area contributed by atoms with Crippen LogP contribution in [0.1, 0.15) is 10.4 Å². The van der Waals surface area contributed by atoms with Crippen LogP contribution in [0.25, 0.3) is 0 Å². The largest absolute Gasteiger partial charge is 0.383 e. The van der Waals surface area contributed by atoms with Gasteiger partial charge in [0.25, 0.3) is 5.91 Å². The van der Waals surface area contributed by atoms with Crippen molar-refractivity contribution in [2.75, 3.05) is 5.73 Å². The number of halogens is 1. The number of hydrogen-bond acceptors (Lipinski definition) is 3. The van der Waals surface area contributed by atoms with Crippen LogP contribution in [-0.4, -0.2) is 15.7 Å². The lowest BCUT2D eigenvalue weighted by molar-refractivity contribution is 0.100. The highest BCUT2D eigenvalue weighted by molar-refractivity contribution is 9.10. The predicted molar refractivity (Wildman–Crippen MR) is 43.8 cm³/mol. The minimum Gasteiger partial charge on any atom is -0.383 e. The molecule has 60 valence electrons. The van der Waals surface area contributed by atoms with E-state index in [-0.39, 0.29) is 11.4 Å². The average molecular weight is 219 g/mol. The molecule has 0 radical (unpaired) electrons. The molecule has 0 spiro atoms. The summed E-state index contributed by atoms with van der Waals surface area (Å²) in [5.41, 5.74) is 10.7. The molecule has 0 unspecified atom stereocenters. The number of nitrogens with two attached hydrogens (primary N) is 2. The predicted octanol–water partition coefficient (Wildman–Crippen LogP) is -0.136. The first kappa shape index (κ1) is 8.06. The smallest absolute Gasteiger partial charge is 0.255 e. The third kappa shape index (κ3) is 1.21. The number of anilines is 1. The van der Waals surface area contributed by atoms with Gasteiger partial charge in [0.05, 0.1) is 0 Å². The maximum atomic E-state index is 10.7. The van der Waals surface area contributed by atoms with Crippen molar-refractivity contribution >= 4 is 27.7 Å². The molecule has 0 atom stereocenters. The summed E-state index contributed by atoms with van der Waals surface area (Å²) >= 11 is 3.06. The van der Waals surface area contributed by atoms with Crippen LogP contribution in [0.4, 0.5) is 5.82 Å². The van der Waals surface area contributed by atoms with Gasteiger partial charge in [-0.2, -0.15) is 5.10 Å². The molecule has 0 saturated heterocycles. The lowest BCUT2D eigenvalue weighted by Gasteiger charge is -1.93. The Kier molecular flexibility index (Phi) is 1.86. The van der Waals surface area contributed by atoms with E-state index in [4.69, 9.17) is 11.5 Å². The molecule has 1 amide bonds. The lowest BCUT2D eigenvalue weighted by Crippen LogP contribution is -2.13. The molecule has 1 aromatic heterocycles. The van der Waals surface area contributed by atoms with Crippen molar-refractivity contribution in [3.05, 3.63) is 10.2 Å². The van der Waals surface area contributed by atoms with Gasteiger partial charge < -0.3 is 11.5 Å². The van der Waals surface area contributed by atoms with E-state index in [2.05, 4.69) is 21.0 Å². The Bertz CT molecular complexity index is 306. The van der Waals surface area contributed by atoms with Crippen molar-refractivity contribution in [3.8, 4) is 0 Å². The molecule has 0 aliphatic carbocycles. The Labute approximate surface area is 71.5 Å². The first-order chi connectivity index (χ1) is 5.04. The molecule has 1 aromatic rings. The minimum absolute atomic E-state index is 0.229. The third-order valence-electron chi connectivity index (χ3n) is 1.30. The van der Waals surface area contributed by atoms with E-state index in [0.717, 1.165) is 0 Å². The molecule has 4 N–H and O–H groups in total. The van der Waals surface area contributed by atoms with Gasteiger partial charge in [-0.05, 0) is 15.9 Å². The lowest BCUT2D eigenvalue weighted by atomic mass is 10.3. The highest BCUT2D eigenvalue weighted by Crippen LogP contribution is 2.19. The molecule has 0 bridgehead atoms. The Hall–Kier alpha value is -1.04. The Morgan fingerprint density at radius 3 is 2.45 bits per heavy atom. The Morgan fingerprint density at radius 1 is 1.73 bits per heavy atom. The van der Waals surface area contributed by atoms with Crippen molar-refractivity contribution in [3.63, 3.8) is 0 Å². The molecular formula is C5H7BrN4O. The van der Waals surface area contributed by atoms with Crippen molar-refractivity contribution < 1.29 is 4.79 Å². The summed E-state index contributed by atoms with van der Waals surface area (Å²) < 4.78 is 1.76. The van der Waals surface area contributed by atoms with Crippen LogP contribution < -0.4 is 11.5 Å². The molecule has 0 aliphatic heterocycles. The van der Waals surface area contributed by atoms with E-state index in [1.807, 2.05) is 0 Å². The zero-order valence-electron chi connectivity index (χ0n) is 5.84. The summed E-state index contributed by atoms with van der Waals surface area (Å²) in [6.45, 7) is 0. The number of hydrogen-bond donors (Lipinski definition) is 2. The maximum absolute atomic E-state index is 10.7.